The maximum atomic E-state index is 4.48. The maximum Gasteiger partial charge on any atom is 0.204 e. The van der Waals surface area contributed by atoms with Crippen molar-refractivity contribution < 1.29 is 0 Å². The lowest BCUT2D eigenvalue weighted by atomic mass is 10.1. The molecule has 0 spiro atoms. The van der Waals surface area contributed by atoms with E-state index in [1.807, 2.05) is 23.6 Å². The first-order valence-corrected chi connectivity index (χ1v) is 9.50. The molecule has 0 bridgehead atoms. The molecule has 5 rings (SSSR count). The summed E-state index contributed by atoms with van der Waals surface area (Å²) in [6.07, 6.45) is 3.91. The van der Waals surface area contributed by atoms with Crippen LogP contribution in [0, 0.1) is 0 Å². The van der Waals surface area contributed by atoms with Crippen molar-refractivity contribution in [1.82, 2.24) is 30.2 Å². The first kappa shape index (κ1) is 15.4. The van der Waals surface area contributed by atoms with Gasteiger partial charge in [0.05, 0.1) is 11.4 Å². The largest absolute Gasteiger partial charge is 0.363 e. The molecular weight excluding hydrogens is 346 g/mol. The molecule has 0 aliphatic heterocycles. The molecule has 1 fully saturated rings. The summed E-state index contributed by atoms with van der Waals surface area (Å²) < 4.78 is 0. The van der Waals surface area contributed by atoms with Gasteiger partial charge in [-0.15, -0.1) is 21.5 Å². The zero-order chi connectivity index (χ0) is 17.5. The van der Waals surface area contributed by atoms with Crippen molar-refractivity contribution in [2.24, 2.45) is 0 Å². The van der Waals surface area contributed by atoms with Crippen molar-refractivity contribution in [3.8, 4) is 11.4 Å². The summed E-state index contributed by atoms with van der Waals surface area (Å²) in [7, 11) is 0. The minimum atomic E-state index is 0.122. The van der Waals surface area contributed by atoms with E-state index < -0.39 is 0 Å². The number of tetrazole rings is 1. The van der Waals surface area contributed by atoms with Crippen molar-refractivity contribution in [2.45, 2.75) is 31.8 Å². The van der Waals surface area contributed by atoms with Crippen molar-refractivity contribution in [1.29, 1.82) is 0 Å². The Morgan fingerprint density at radius 1 is 1.15 bits per heavy atom. The predicted octanol–water partition coefficient (Wildman–Crippen LogP) is 3.85. The standard InChI is InChI=1S/C18H17N7S/c1-11(21-17-15-8-9-26-18(15)20-10-19-17)12-2-4-13(5-3-12)16-22-24-25(23-16)14-6-7-14/h2-5,8-11,14H,6-7H2,1H3,(H,19,20,21). The number of rotatable bonds is 5. The number of benzene rings is 1. The number of hydrogen-bond acceptors (Lipinski definition) is 7. The van der Waals surface area contributed by atoms with Crippen molar-refractivity contribution in [3.63, 3.8) is 0 Å². The SMILES string of the molecule is CC(Nc1ncnc2sccc12)c1ccc(-c2nnn(C3CC3)n2)cc1. The molecule has 7 nitrogen and oxygen atoms in total. The molecule has 1 atom stereocenters. The van der Waals surface area contributed by atoms with E-state index >= 15 is 0 Å². The smallest absolute Gasteiger partial charge is 0.204 e. The van der Waals surface area contributed by atoms with E-state index in [1.165, 1.54) is 5.56 Å². The summed E-state index contributed by atoms with van der Waals surface area (Å²) in [5.74, 6) is 1.54. The second kappa shape index (κ2) is 6.14. The minimum Gasteiger partial charge on any atom is -0.363 e. The van der Waals surface area contributed by atoms with Crippen LogP contribution < -0.4 is 5.32 Å². The monoisotopic (exact) mass is 363 g/mol. The molecule has 3 heterocycles. The van der Waals surface area contributed by atoms with Crippen LogP contribution in [0.1, 0.15) is 37.4 Å². The van der Waals surface area contributed by atoms with E-state index in [-0.39, 0.29) is 6.04 Å². The zero-order valence-corrected chi connectivity index (χ0v) is 15.0. The number of anilines is 1. The molecule has 1 unspecified atom stereocenters. The van der Waals surface area contributed by atoms with Crippen LogP contribution in [0.3, 0.4) is 0 Å². The van der Waals surface area contributed by atoms with Crippen LogP contribution >= 0.6 is 11.3 Å². The Morgan fingerprint density at radius 2 is 2.00 bits per heavy atom. The van der Waals surface area contributed by atoms with Gasteiger partial charge in [-0.1, -0.05) is 24.3 Å². The second-order valence-corrected chi connectivity index (χ2v) is 7.41. The molecule has 0 radical (unpaired) electrons. The Kier molecular flexibility index (Phi) is 3.63. The fourth-order valence-corrected chi connectivity index (χ4v) is 3.65. The van der Waals surface area contributed by atoms with Gasteiger partial charge in [-0.2, -0.15) is 4.80 Å². The minimum absolute atomic E-state index is 0.122. The van der Waals surface area contributed by atoms with Crippen molar-refractivity contribution >= 4 is 27.4 Å². The van der Waals surface area contributed by atoms with Crippen LogP contribution in [0.4, 0.5) is 5.82 Å². The fraction of sp³-hybridized carbons (Fsp3) is 0.278. The van der Waals surface area contributed by atoms with Gasteiger partial charge >= 0.3 is 0 Å². The Hall–Kier alpha value is -2.87. The lowest BCUT2D eigenvalue weighted by Crippen LogP contribution is -2.08. The molecule has 4 aromatic rings. The number of nitrogens with zero attached hydrogens (tertiary/aromatic N) is 6. The average Bonchev–Trinajstić information content (AvgIpc) is 3.20. The highest BCUT2D eigenvalue weighted by Crippen LogP contribution is 2.33. The van der Waals surface area contributed by atoms with Crippen LogP contribution in [-0.4, -0.2) is 30.2 Å². The summed E-state index contributed by atoms with van der Waals surface area (Å²) >= 11 is 1.62. The Balaban J connectivity index is 1.35. The summed E-state index contributed by atoms with van der Waals surface area (Å²) in [6.45, 7) is 2.12. The molecule has 0 amide bonds. The van der Waals surface area contributed by atoms with E-state index in [1.54, 1.807) is 22.5 Å². The van der Waals surface area contributed by atoms with Crippen molar-refractivity contribution in [3.05, 3.63) is 47.6 Å². The van der Waals surface area contributed by atoms with Gasteiger partial charge in [-0.05, 0) is 42.0 Å². The molecule has 0 saturated heterocycles. The van der Waals surface area contributed by atoms with E-state index in [2.05, 4.69) is 49.8 Å². The van der Waals surface area contributed by atoms with Gasteiger partial charge in [-0.25, -0.2) is 9.97 Å². The molecular formula is C18H17N7S. The third-order valence-electron chi connectivity index (χ3n) is 4.59. The van der Waals surface area contributed by atoms with Gasteiger partial charge < -0.3 is 5.32 Å². The van der Waals surface area contributed by atoms with Crippen LogP contribution in [0.25, 0.3) is 21.6 Å². The highest BCUT2D eigenvalue weighted by atomic mass is 32.1. The summed E-state index contributed by atoms with van der Waals surface area (Å²) in [6, 6.07) is 10.9. The number of aromatic nitrogens is 6. The van der Waals surface area contributed by atoms with Gasteiger partial charge in [0.2, 0.25) is 5.82 Å². The van der Waals surface area contributed by atoms with Crippen LogP contribution in [0.15, 0.2) is 42.0 Å². The Labute approximate surface area is 154 Å². The highest BCUT2D eigenvalue weighted by molar-refractivity contribution is 7.16. The normalized spacial score (nSPS) is 15.3. The van der Waals surface area contributed by atoms with Crippen LogP contribution in [0.2, 0.25) is 0 Å². The Bertz CT molecular complexity index is 1050. The predicted molar refractivity (Wildman–Crippen MR) is 101 cm³/mol. The van der Waals surface area contributed by atoms with E-state index in [0.29, 0.717) is 11.9 Å². The average molecular weight is 363 g/mol. The molecule has 1 N–H and O–H groups in total. The van der Waals surface area contributed by atoms with Crippen LogP contribution in [0.5, 0.6) is 0 Å². The number of hydrogen-bond donors (Lipinski definition) is 1. The van der Waals surface area contributed by atoms with Gasteiger partial charge in [0.1, 0.15) is 17.0 Å². The molecule has 1 aromatic carbocycles. The number of nitrogens with one attached hydrogen (secondary N) is 1. The first-order valence-electron chi connectivity index (χ1n) is 8.62. The molecule has 1 saturated carbocycles. The first-order chi connectivity index (χ1) is 12.8. The zero-order valence-electron chi connectivity index (χ0n) is 14.2. The van der Waals surface area contributed by atoms with E-state index in [9.17, 15) is 0 Å². The third kappa shape index (κ3) is 2.82. The van der Waals surface area contributed by atoms with E-state index in [0.717, 1.165) is 34.4 Å². The molecule has 1 aliphatic carbocycles. The van der Waals surface area contributed by atoms with E-state index in [4.69, 9.17) is 0 Å². The number of thiophene rings is 1. The summed E-state index contributed by atoms with van der Waals surface area (Å²) in [5.41, 5.74) is 2.15. The molecule has 1 aliphatic rings. The van der Waals surface area contributed by atoms with Crippen molar-refractivity contribution in [2.75, 3.05) is 5.32 Å². The molecule has 3 aromatic heterocycles. The Morgan fingerprint density at radius 3 is 2.81 bits per heavy atom. The number of fused-ring (bicyclic) bond motifs is 1. The lowest BCUT2D eigenvalue weighted by Gasteiger charge is -2.15. The molecule has 130 valence electrons. The summed E-state index contributed by atoms with van der Waals surface area (Å²) in [4.78, 5) is 11.4. The topological polar surface area (TPSA) is 81.4 Å². The van der Waals surface area contributed by atoms with Gasteiger partial charge in [-0.3, -0.25) is 0 Å². The fourth-order valence-electron chi connectivity index (χ4n) is 2.92. The quantitative estimate of drug-likeness (QED) is 0.580. The second-order valence-electron chi connectivity index (χ2n) is 6.51. The lowest BCUT2D eigenvalue weighted by molar-refractivity contribution is 0.537. The van der Waals surface area contributed by atoms with Gasteiger partial charge in [0.15, 0.2) is 0 Å². The third-order valence-corrected chi connectivity index (χ3v) is 5.41. The highest BCUT2D eigenvalue weighted by Gasteiger charge is 2.26. The molecule has 8 heteroatoms. The summed E-state index contributed by atoms with van der Waals surface area (Å²) in [5, 5.41) is 19.4. The van der Waals surface area contributed by atoms with Gasteiger partial charge in [0, 0.05) is 11.6 Å². The maximum absolute atomic E-state index is 4.48. The molecule has 26 heavy (non-hydrogen) atoms. The van der Waals surface area contributed by atoms with Gasteiger partial charge in [0.25, 0.3) is 0 Å². The van der Waals surface area contributed by atoms with Crippen LogP contribution in [-0.2, 0) is 0 Å².